The van der Waals surface area contributed by atoms with Crippen LogP contribution in [-0.4, -0.2) is 44.0 Å². The quantitative estimate of drug-likeness (QED) is 0.833. The molecule has 2 heterocycles. The van der Waals surface area contributed by atoms with E-state index in [9.17, 15) is 8.42 Å². The van der Waals surface area contributed by atoms with Crippen LogP contribution in [0.3, 0.4) is 0 Å². The van der Waals surface area contributed by atoms with Gasteiger partial charge in [0, 0.05) is 6.04 Å². The SMILES string of the molecule is O=S1(=O)CCCC(NCC2CCSCC2)C1. The standard InChI is InChI=1S/C11H21NO2S2/c13-16(14)7-1-2-11(9-16)12-8-10-3-5-15-6-4-10/h10-12H,1-9H2. The highest BCUT2D eigenvalue weighted by atomic mass is 32.2. The smallest absolute Gasteiger partial charge is 0.151 e. The first kappa shape index (κ1) is 12.7. The average molecular weight is 263 g/mol. The van der Waals surface area contributed by atoms with Gasteiger partial charge in [0.25, 0.3) is 0 Å². The molecule has 0 saturated carbocycles. The number of hydrogen-bond acceptors (Lipinski definition) is 4. The first-order valence-electron chi connectivity index (χ1n) is 6.17. The molecule has 0 aromatic carbocycles. The summed E-state index contributed by atoms with van der Waals surface area (Å²) in [5, 5.41) is 3.46. The number of hydrogen-bond donors (Lipinski definition) is 1. The molecule has 2 aliphatic heterocycles. The van der Waals surface area contributed by atoms with Crippen LogP contribution in [0.15, 0.2) is 0 Å². The minimum Gasteiger partial charge on any atom is -0.313 e. The summed E-state index contributed by atoms with van der Waals surface area (Å²) in [4.78, 5) is 0. The van der Waals surface area contributed by atoms with Gasteiger partial charge in [0.05, 0.1) is 11.5 Å². The molecule has 1 N–H and O–H groups in total. The van der Waals surface area contributed by atoms with E-state index in [1.165, 1.54) is 24.3 Å². The molecule has 2 rings (SSSR count). The second-order valence-corrected chi connectivity index (χ2v) is 8.37. The fraction of sp³-hybridized carbons (Fsp3) is 1.00. The minimum absolute atomic E-state index is 0.216. The Hall–Kier alpha value is 0.260. The average Bonchev–Trinajstić information content (AvgIpc) is 2.27. The molecule has 3 nitrogen and oxygen atoms in total. The molecule has 1 unspecified atom stereocenters. The van der Waals surface area contributed by atoms with E-state index in [2.05, 4.69) is 5.32 Å². The van der Waals surface area contributed by atoms with Crippen molar-refractivity contribution < 1.29 is 8.42 Å². The normalized spacial score (nSPS) is 31.4. The lowest BCUT2D eigenvalue weighted by molar-refractivity contribution is 0.399. The number of rotatable bonds is 3. The molecule has 0 spiro atoms. The van der Waals surface area contributed by atoms with Crippen molar-refractivity contribution >= 4 is 21.6 Å². The van der Waals surface area contributed by atoms with Gasteiger partial charge in [-0.15, -0.1) is 0 Å². The van der Waals surface area contributed by atoms with Gasteiger partial charge in [0.1, 0.15) is 0 Å². The van der Waals surface area contributed by atoms with Crippen molar-refractivity contribution in [3.05, 3.63) is 0 Å². The monoisotopic (exact) mass is 263 g/mol. The lowest BCUT2D eigenvalue weighted by Gasteiger charge is -2.27. The molecule has 0 bridgehead atoms. The molecular weight excluding hydrogens is 242 g/mol. The zero-order chi connectivity index (χ0) is 11.4. The number of thioether (sulfide) groups is 1. The first-order valence-corrected chi connectivity index (χ1v) is 9.15. The van der Waals surface area contributed by atoms with Crippen LogP contribution in [0.1, 0.15) is 25.7 Å². The molecule has 0 radical (unpaired) electrons. The van der Waals surface area contributed by atoms with E-state index in [1.54, 1.807) is 0 Å². The van der Waals surface area contributed by atoms with E-state index < -0.39 is 9.84 Å². The zero-order valence-corrected chi connectivity index (χ0v) is 11.3. The highest BCUT2D eigenvalue weighted by molar-refractivity contribution is 7.99. The summed E-state index contributed by atoms with van der Waals surface area (Å²) in [7, 11) is -2.75. The van der Waals surface area contributed by atoms with Gasteiger partial charge >= 0.3 is 0 Å². The summed E-state index contributed by atoms with van der Waals surface area (Å²) in [6.07, 6.45) is 4.44. The predicted molar refractivity (Wildman–Crippen MR) is 69.7 cm³/mol. The van der Waals surface area contributed by atoms with E-state index >= 15 is 0 Å². The van der Waals surface area contributed by atoms with Crippen molar-refractivity contribution in [3.8, 4) is 0 Å². The summed E-state index contributed by atoms with van der Waals surface area (Å²) in [5.41, 5.74) is 0. The third kappa shape index (κ3) is 3.93. The van der Waals surface area contributed by atoms with Crippen LogP contribution >= 0.6 is 11.8 Å². The number of sulfone groups is 1. The van der Waals surface area contributed by atoms with Crippen LogP contribution < -0.4 is 5.32 Å². The molecule has 0 aromatic rings. The fourth-order valence-electron chi connectivity index (χ4n) is 2.47. The Balaban J connectivity index is 1.72. The van der Waals surface area contributed by atoms with Crippen LogP contribution in [0.4, 0.5) is 0 Å². The van der Waals surface area contributed by atoms with Gasteiger partial charge in [0.15, 0.2) is 9.84 Å². The van der Waals surface area contributed by atoms with Gasteiger partial charge < -0.3 is 5.32 Å². The van der Waals surface area contributed by atoms with E-state index in [-0.39, 0.29) is 6.04 Å². The summed E-state index contributed by atoms with van der Waals surface area (Å²) in [6, 6.07) is 0.216. The lowest BCUT2D eigenvalue weighted by atomic mass is 10.0. The Morgan fingerprint density at radius 1 is 1.19 bits per heavy atom. The lowest BCUT2D eigenvalue weighted by Crippen LogP contribution is -2.42. The van der Waals surface area contributed by atoms with Gasteiger partial charge in [-0.1, -0.05) is 0 Å². The molecule has 16 heavy (non-hydrogen) atoms. The van der Waals surface area contributed by atoms with E-state index in [0.717, 1.165) is 25.3 Å². The van der Waals surface area contributed by atoms with E-state index in [1.807, 2.05) is 11.8 Å². The van der Waals surface area contributed by atoms with Crippen molar-refractivity contribution in [3.63, 3.8) is 0 Å². The molecule has 2 fully saturated rings. The van der Waals surface area contributed by atoms with Gasteiger partial charge in [-0.3, -0.25) is 0 Å². The topological polar surface area (TPSA) is 46.2 Å². The molecule has 0 aliphatic carbocycles. The van der Waals surface area contributed by atoms with Crippen molar-refractivity contribution in [2.45, 2.75) is 31.7 Å². The Morgan fingerprint density at radius 3 is 2.62 bits per heavy atom. The maximum absolute atomic E-state index is 11.5. The second kappa shape index (κ2) is 5.74. The highest BCUT2D eigenvalue weighted by Crippen LogP contribution is 2.22. The second-order valence-electron chi connectivity index (χ2n) is 4.92. The van der Waals surface area contributed by atoms with Gasteiger partial charge in [-0.2, -0.15) is 11.8 Å². The summed E-state index contributed by atoms with van der Waals surface area (Å²) < 4.78 is 22.9. The third-order valence-electron chi connectivity index (χ3n) is 3.50. The molecular formula is C11H21NO2S2. The molecule has 94 valence electrons. The largest absolute Gasteiger partial charge is 0.313 e. The molecule has 2 aliphatic rings. The first-order chi connectivity index (χ1) is 7.66. The Labute approximate surface area is 103 Å². The Kier molecular flexibility index (Phi) is 4.56. The van der Waals surface area contributed by atoms with Crippen LogP contribution in [0.5, 0.6) is 0 Å². The highest BCUT2D eigenvalue weighted by Gasteiger charge is 2.25. The summed E-state index contributed by atoms with van der Waals surface area (Å²) >= 11 is 2.04. The van der Waals surface area contributed by atoms with Gasteiger partial charge in [-0.05, 0) is 49.7 Å². The maximum Gasteiger partial charge on any atom is 0.151 e. The van der Waals surface area contributed by atoms with E-state index in [0.29, 0.717) is 11.5 Å². The third-order valence-corrected chi connectivity index (χ3v) is 6.37. The van der Waals surface area contributed by atoms with Crippen LogP contribution in [0, 0.1) is 5.92 Å². The van der Waals surface area contributed by atoms with Crippen LogP contribution in [-0.2, 0) is 9.84 Å². The van der Waals surface area contributed by atoms with Crippen molar-refractivity contribution in [2.24, 2.45) is 5.92 Å². The van der Waals surface area contributed by atoms with Crippen molar-refractivity contribution in [1.29, 1.82) is 0 Å². The number of nitrogens with one attached hydrogen (secondary N) is 1. The van der Waals surface area contributed by atoms with Crippen LogP contribution in [0.25, 0.3) is 0 Å². The Morgan fingerprint density at radius 2 is 1.94 bits per heavy atom. The molecule has 2 saturated heterocycles. The van der Waals surface area contributed by atoms with Crippen LogP contribution in [0.2, 0.25) is 0 Å². The maximum atomic E-state index is 11.5. The van der Waals surface area contributed by atoms with Gasteiger partial charge in [-0.25, -0.2) is 8.42 Å². The Bertz CT molecular complexity index is 310. The van der Waals surface area contributed by atoms with Crippen molar-refractivity contribution in [2.75, 3.05) is 29.6 Å². The molecule has 0 amide bonds. The van der Waals surface area contributed by atoms with Gasteiger partial charge in [0.2, 0.25) is 0 Å². The summed E-state index contributed by atoms with van der Waals surface area (Å²) in [5.74, 6) is 4.07. The minimum atomic E-state index is -2.75. The molecule has 1 atom stereocenters. The summed E-state index contributed by atoms with van der Waals surface area (Å²) in [6.45, 7) is 1.01. The zero-order valence-electron chi connectivity index (χ0n) is 9.65. The van der Waals surface area contributed by atoms with Crippen molar-refractivity contribution in [1.82, 2.24) is 5.32 Å². The van der Waals surface area contributed by atoms with E-state index in [4.69, 9.17) is 0 Å². The predicted octanol–water partition coefficient (Wildman–Crippen LogP) is 1.30. The molecule has 0 aromatic heterocycles. The fourth-order valence-corrected chi connectivity index (χ4v) is 5.34. The molecule has 5 heteroatoms.